The average molecular weight is 232 g/mol. The van der Waals surface area contributed by atoms with Gasteiger partial charge in [-0.3, -0.25) is 0 Å². The number of hydrogen-bond acceptors (Lipinski definition) is 3. The largest absolute Gasteiger partial charge is 0.460 e. The summed E-state index contributed by atoms with van der Waals surface area (Å²) in [6.07, 6.45) is 0.882. The lowest BCUT2D eigenvalue weighted by Crippen LogP contribution is -2.04. The minimum Gasteiger partial charge on any atom is -0.460 e. The molecule has 0 aliphatic carbocycles. The number of esters is 1. The van der Waals surface area contributed by atoms with Crippen molar-refractivity contribution in [2.75, 3.05) is 6.61 Å². The van der Waals surface area contributed by atoms with Crippen LogP contribution in [0.4, 0.5) is 0 Å². The van der Waals surface area contributed by atoms with E-state index in [4.69, 9.17) is 9.15 Å². The van der Waals surface area contributed by atoms with Gasteiger partial charge >= 0.3 is 5.97 Å². The number of aryl methyl sites for hydroxylation is 2. The molecule has 1 heterocycles. The van der Waals surface area contributed by atoms with Gasteiger partial charge in [0, 0.05) is 10.9 Å². The Kier molecular flexibility index (Phi) is 3.18. The Morgan fingerprint density at radius 1 is 1.35 bits per heavy atom. The minimum atomic E-state index is -0.386. The number of benzene rings is 1. The van der Waals surface area contributed by atoms with Crippen molar-refractivity contribution in [3.63, 3.8) is 0 Å². The van der Waals surface area contributed by atoms with Crippen LogP contribution < -0.4 is 0 Å². The normalized spacial score (nSPS) is 10.8. The van der Waals surface area contributed by atoms with E-state index in [2.05, 4.69) is 6.92 Å². The Morgan fingerprint density at radius 3 is 2.76 bits per heavy atom. The quantitative estimate of drug-likeness (QED) is 0.760. The van der Waals surface area contributed by atoms with Crippen LogP contribution in [0.5, 0.6) is 0 Å². The van der Waals surface area contributed by atoms with E-state index in [0.717, 1.165) is 28.5 Å². The number of para-hydroxylation sites is 1. The van der Waals surface area contributed by atoms with E-state index >= 15 is 0 Å². The highest BCUT2D eigenvalue weighted by Gasteiger charge is 2.19. The number of furan rings is 1. The van der Waals surface area contributed by atoms with E-state index in [1.807, 2.05) is 25.1 Å². The standard InChI is InChI=1S/C14H16O3/c1-4-10-7-6-8-11-9(3)12(17-13(10)11)14(15)16-5-2/h6-8H,4-5H2,1-3H3. The SMILES string of the molecule is CCOC(=O)c1oc2c(CC)cccc2c1C. The maximum absolute atomic E-state index is 11.7. The van der Waals surface area contributed by atoms with Crippen molar-refractivity contribution in [2.24, 2.45) is 0 Å². The van der Waals surface area contributed by atoms with E-state index in [1.54, 1.807) is 6.92 Å². The summed E-state index contributed by atoms with van der Waals surface area (Å²) in [4.78, 5) is 11.7. The molecule has 0 aliphatic heterocycles. The highest BCUT2D eigenvalue weighted by molar-refractivity contribution is 5.96. The van der Waals surface area contributed by atoms with E-state index < -0.39 is 0 Å². The fourth-order valence-electron chi connectivity index (χ4n) is 1.97. The van der Waals surface area contributed by atoms with Crippen LogP contribution >= 0.6 is 0 Å². The van der Waals surface area contributed by atoms with Crippen LogP contribution in [-0.4, -0.2) is 12.6 Å². The topological polar surface area (TPSA) is 39.4 Å². The Bertz CT molecular complexity index is 552. The number of hydrogen-bond donors (Lipinski definition) is 0. The first-order valence-corrected chi connectivity index (χ1v) is 5.87. The minimum absolute atomic E-state index is 0.322. The molecule has 1 aromatic carbocycles. The summed E-state index contributed by atoms with van der Waals surface area (Å²) in [6.45, 7) is 6.09. The van der Waals surface area contributed by atoms with Crippen molar-refractivity contribution in [3.8, 4) is 0 Å². The van der Waals surface area contributed by atoms with Gasteiger partial charge in [-0.15, -0.1) is 0 Å². The highest BCUT2D eigenvalue weighted by atomic mass is 16.5. The van der Waals surface area contributed by atoms with Gasteiger partial charge in [-0.1, -0.05) is 25.1 Å². The van der Waals surface area contributed by atoms with Crippen molar-refractivity contribution >= 4 is 16.9 Å². The maximum Gasteiger partial charge on any atom is 0.374 e. The second-order valence-electron chi connectivity index (χ2n) is 3.92. The van der Waals surface area contributed by atoms with Gasteiger partial charge < -0.3 is 9.15 Å². The van der Waals surface area contributed by atoms with Crippen molar-refractivity contribution < 1.29 is 13.9 Å². The molecule has 90 valence electrons. The molecule has 0 saturated heterocycles. The summed E-state index contributed by atoms with van der Waals surface area (Å²) in [5.41, 5.74) is 2.77. The van der Waals surface area contributed by atoms with Crippen LogP contribution in [-0.2, 0) is 11.2 Å². The number of ether oxygens (including phenoxy) is 1. The van der Waals surface area contributed by atoms with Gasteiger partial charge in [0.25, 0.3) is 0 Å². The lowest BCUT2D eigenvalue weighted by molar-refractivity contribution is 0.0491. The average Bonchev–Trinajstić information content (AvgIpc) is 2.67. The molecule has 1 aromatic heterocycles. The van der Waals surface area contributed by atoms with Crippen LogP contribution in [0.25, 0.3) is 11.0 Å². The lowest BCUT2D eigenvalue weighted by Gasteiger charge is -1.98. The van der Waals surface area contributed by atoms with Gasteiger partial charge in [0.15, 0.2) is 0 Å². The highest BCUT2D eigenvalue weighted by Crippen LogP contribution is 2.28. The zero-order valence-electron chi connectivity index (χ0n) is 10.4. The summed E-state index contributed by atoms with van der Waals surface area (Å²) in [7, 11) is 0. The number of carbonyl (C=O) groups excluding carboxylic acids is 1. The molecule has 0 spiro atoms. The van der Waals surface area contributed by atoms with Crippen molar-refractivity contribution in [2.45, 2.75) is 27.2 Å². The first-order chi connectivity index (χ1) is 8.19. The third-order valence-electron chi connectivity index (χ3n) is 2.89. The van der Waals surface area contributed by atoms with Crippen LogP contribution in [0.3, 0.4) is 0 Å². The van der Waals surface area contributed by atoms with Crippen molar-refractivity contribution in [1.82, 2.24) is 0 Å². The smallest absolute Gasteiger partial charge is 0.374 e. The third kappa shape index (κ3) is 1.93. The monoisotopic (exact) mass is 232 g/mol. The molecule has 0 radical (unpaired) electrons. The van der Waals surface area contributed by atoms with Crippen LogP contribution in [0.15, 0.2) is 22.6 Å². The van der Waals surface area contributed by atoms with Crippen LogP contribution in [0.1, 0.15) is 35.5 Å². The van der Waals surface area contributed by atoms with Crippen LogP contribution in [0, 0.1) is 6.92 Å². The Morgan fingerprint density at radius 2 is 2.12 bits per heavy atom. The van der Waals surface area contributed by atoms with E-state index in [0.29, 0.717) is 12.4 Å². The Hall–Kier alpha value is -1.77. The van der Waals surface area contributed by atoms with Gasteiger partial charge in [0.1, 0.15) is 5.58 Å². The zero-order valence-corrected chi connectivity index (χ0v) is 10.4. The van der Waals surface area contributed by atoms with Crippen molar-refractivity contribution in [3.05, 3.63) is 35.1 Å². The molecular formula is C14H16O3. The summed E-state index contributed by atoms with van der Waals surface area (Å²) in [5, 5.41) is 0.993. The van der Waals surface area contributed by atoms with E-state index in [9.17, 15) is 4.79 Å². The maximum atomic E-state index is 11.7. The molecule has 3 heteroatoms. The molecule has 0 aliphatic rings. The molecule has 0 bridgehead atoms. The van der Waals surface area contributed by atoms with Gasteiger partial charge in [-0.25, -0.2) is 4.79 Å². The molecular weight excluding hydrogens is 216 g/mol. The van der Waals surface area contributed by atoms with Crippen molar-refractivity contribution in [1.29, 1.82) is 0 Å². The molecule has 0 fully saturated rings. The predicted octanol–water partition coefficient (Wildman–Crippen LogP) is 3.48. The molecule has 0 saturated carbocycles. The number of fused-ring (bicyclic) bond motifs is 1. The molecule has 3 nitrogen and oxygen atoms in total. The first-order valence-electron chi connectivity index (χ1n) is 5.87. The Balaban J connectivity index is 2.60. The fourth-order valence-corrected chi connectivity index (χ4v) is 1.97. The zero-order chi connectivity index (χ0) is 12.4. The van der Waals surface area contributed by atoms with Gasteiger partial charge in [0.05, 0.1) is 6.61 Å². The molecule has 0 unspecified atom stereocenters. The predicted molar refractivity (Wildman–Crippen MR) is 66.3 cm³/mol. The lowest BCUT2D eigenvalue weighted by atomic mass is 10.1. The molecule has 0 atom stereocenters. The van der Waals surface area contributed by atoms with E-state index in [-0.39, 0.29) is 5.97 Å². The summed E-state index contributed by atoms with van der Waals surface area (Å²) in [5.74, 6) is -0.0639. The second-order valence-corrected chi connectivity index (χ2v) is 3.92. The molecule has 0 N–H and O–H groups in total. The summed E-state index contributed by atoms with van der Waals surface area (Å²) >= 11 is 0. The number of carbonyl (C=O) groups is 1. The fraction of sp³-hybridized carbons (Fsp3) is 0.357. The Labute approximate surface area is 100 Å². The molecule has 2 aromatic rings. The number of rotatable bonds is 3. The van der Waals surface area contributed by atoms with Gasteiger partial charge in [0.2, 0.25) is 5.76 Å². The molecule has 2 rings (SSSR count). The third-order valence-corrected chi connectivity index (χ3v) is 2.89. The summed E-state index contributed by atoms with van der Waals surface area (Å²) in [6, 6.07) is 5.97. The summed E-state index contributed by atoms with van der Waals surface area (Å²) < 4.78 is 10.6. The van der Waals surface area contributed by atoms with Gasteiger partial charge in [-0.05, 0) is 25.8 Å². The molecule has 0 amide bonds. The second kappa shape index (κ2) is 4.62. The van der Waals surface area contributed by atoms with Crippen LogP contribution in [0.2, 0.25) is 0 Å². The molecule has 17 heavy (non-hydrogen) atoms. The van der Waals surface area contributed by atoms with E-state index in [1.165, 1.54) is 0 Å². The first kappa shape index (κ1) is 11.7. The van der Waals surface area contributed by atoms with Gasteiger partial charge in [-0.2, -0.15) is 0 Å².